The van der Waals surface area contributed by atoms with E-state index in [4.69, 9.17) is 4.74 Å². The number of carbonyl (C=O) groups excluding carboxylic acids is 3. The number of fused-ring (bicyclic) bond motifs is 3. The molecule has 4 aromatic carbocycles. The molecule has 0 unspecified atom stereocenters. The first-order chi connectivity index (χ1) is 22.0. The Balaban J connectivity index is 1.35. The fourth-order valence-corrected chi connectivity index (χ4v) is 6.14. The summed E-state index contributed by atoms with van der Waals surface area (Å²) < 4.78 is 5.44. The fourth-order valence-electron chi connectivity index (χ4n) is 6.14. The number of rotatable bonds is 5. The van der Waals surface area contributed by atoms with Crippen LogP contribution in [0.4, 0.5) is 22.7 Å². The number of benzene rings is 4. The topological polar surface area (TPSA) is 98.8 Å². The molecule has 2 aliphatic rings. The maximum Gasteiger partial charge on any atom is 0.268 e. The van der Waals surface area contributed by atoms with E-state index < -0.39 is 11.8 Å². The summed E-state index contributed by atoms with van der Waals surface area (Å²) in [6, 6.07) is 29.6. The van der Waals surface area contributed by atoms with Crippen molar-refractivity contribution < 1.29 is 19.1 Å². The van der Waals surface area contributed by atoms with Crippen molar-refractivity contribution in [3.05, 3.63) is 114 Å². The van der Waals surface area contributed by atoms with E-state index in [0.717, 1.165) is 41.6 Å². The number of aromatic amines is 1. The van der Waals surface area contributed by atoms with Gasteiger partial charge in [-0.15, -0.1) is 0 Å². The highest BCUT2D eigenvalue weighted by molar-refractivity contribution is 6.35. The lowest BCUT2D eigenvalue weighted by Gasteiger charge is -2.28. The number of para-hydroxylation sites is 4. The molecule has 0 saturated heterocycles. The molecule has 0 bridgehead atoms. The maximum atomic E-state index is 14.6. The van der Waals surface area contributed by atoms with Gasteiger partial charge in [0.05, 0.1) is 29.7 Å². The van der Waals surface area contributed by atoms with E-state index in [1.54, 1.807) is 30.2 Å². The fraction of sp³-hybridized carbons (Fsp3) is 0.167. The molecule has 9 nitrogen and oxygen atoms in total. The van der Waals surface area contributed by atoms with Crippen molar-refractivity contribution >= 4 is 57.5 Å². The van der Waals surface area contributed by atoms with Crippen molar-refractivity contribution in [1.29, 1.82) is 0 Å². The maximum absolute atomic E-state index is 14.6. The van der Waals surface area contributed by atoms with Gasteiger partial charge in [0, 0.05) is 23.3 Å². The molecule has 2 aliphatic heterocycles. The van der Waals surface area contributed by atoms with Gasteiger partial charge in [-0.25, -0.2) is 0 Å². The second-order valence-corrected chi connectivity index (χ2v) is 11.1. The van der Waals surface area contributed by atoms with Gasteiger partial charge < -0.3 is 9.64 Å². The van der Waals surface area contributed by atoms with E-state index in [1.807, 2.05) is 84.9 Å². The third-order valence-corrected chi connectivity index (χ3v) is 8.37. The Kier molecular flexibility index (Phi) is 7.34. The summed E-state index contributed by atoms with van der Waals surface area (Å²) in [6.07, 6.45) is 4.13. The van der Waals surface area contributed by atoms with E-state index in [9.17, 15) is 14.4 Å². The van der Waals surface area contributed by atoms with Crippen LogP contribution >= 0.6 is 0 Å². The second kappa shape index (κ2) is 11.8. The normalized spacial score (nSPS) is 15.9. The highest BCUT2D eigenvalue weighted by Gasteiger charge is 2.38. The van der Waals surface area contributed by atoms with Crippen LogP contribution < -0.4 is 19.4 Å². The standard InChI is InChI=1S/C36H31N5O4/c1-45-26-18-19-31-24(21-26)11-9-10-20-39(31)34(42)23-40-32-16-7-8-17-33(32)41(25-12-3-2-4-13-25)36(44)28(35(40)43)22-30-27-14-5-6-15-29(27)37-38-30/h2-8,12-19,21-22H,9-11,20,23H2,1H3,(H,37,38)/b28-22-. The smallest absolute Gasteiger partial charge is 0.268 e. The third kappa shape index (κ3) is 5.12. The molecule has 0 saturated carbocycles. The van der Waals surface area contributed by atoms with Gasteiger partial charge in [0.2, 0.25) is 5.91 Å². The monoisotopic (exact) mass is 597 g/mol. The molecule has 5 aromatic rings. The Hall–Kier alpha value is -5.70. The number of aromatic nitrogens is 2. The van der Waals surface area contributed by atoms with Crippen molar-refractivity contribution in [1.82, 2.24) is 10.2 Å². The number of anilines is 4. The number of hydrogen-bond acceptors (Lipinski definition) is 5. The molecule has 0 spiro atoms. The lowest BCUT2D eigenvalue weighted by molar-refractivity contribution is -0.123. The molecule has 0 fully saturated rings. The number of ether oxygens (including phenoxy) is 1. The number of carbonyl (C=O) groups is 3. The number of nitrogens with zero attached hydrogens (tertiary/aromatic N) is 4. The van der Waals surface area contributed by atoms with Crippen LogP contribution in [0.1, 0.15) is 24.1 Å². The lowest BCUT2D eigenvalue weighted by atomic mass is 10.1. The SMILES string of the molecule is COc1ccc2c(c1)CCCCN2C(=O)CN1C(=O)/C(=C/c2[nH]nc3ccccc23)C(=O)N(c2ccccc2)c2ccccc21. The lowest BCUT2D eigenvalue weighted by Crippen LogP contribution is -2.44. The molecular formula is C36H31N5O4. The summed E-state index contributed by atoms with van der Waals surface area (Å²) in [7, 11) is 1.63. The largest absolute Gasteiger partial charge is 0.497 e. The van der Waals surface area contributed by atoms with Gasteiger partial charge in [-0.2, -0.15) is 5.10 Å². The summed E-state index contributed by atoms with van der Waals surface area (Å²) in [5.74, 6) is -0.569. The minimum atomic E-state index is -0.567. The zero-order chi connectivity index (χ0) is 30.9. The number of H-pyrrole nitrogens is 1. The van der Waals surface area contributed by atoms with E-state index in [2.05, 4.69) is 10.2 Å². The van der Waals surface area contributed by atoms with Crippen LogP contribution in [0.2, 0.25) is 0 Å². The van der Waals surface area contributed by atoms with Crippen LogP contribution in [0.3, 0.4) is 0 Å². The molecule has 0 aliphatic carbocycles. The van der Waals surface area contributed by atoms with Crippen LogP contribution in [0.25, 0.3) is 17.0 Å². The van der Waals surface area contributed by atoms with Crippen LogP contribution in [0.5, 0.6) is 5.75 Å². The quantitative estimate of drug-likeness (QED) is 0.197. The Bertz CT molecular complexity index is 1960. The van der Waals surface area contributed by atoms with Crippen molar-refractivity contribution in [3.63, 3.8) is 0 Å². The minimum Gasteiger partial charge on any atom is -0.497 e. The van der Waals surface area contributed by atoms with Gasteiger partial charge in [-0.05, 0) is 79.4 Å². The Labute approximate surface area is 260 Å². The van der Waals surface area contributed by atoms with Gasteiger partial charge in [-0.3, -0.25) is 29.3 Å². The number of amides is 3. The van der Waals surface area contributed by atoms with Crippen LogP contribution in [0.15, 0.2) is 103 Å². The predicted molar refractivity (Wildman–Crippen MR) is 175 cm³/mol. The van der Waals surface area contributed by atoms with E-state index in [0.29, 0.717) is 34.8 Å². The van der Waals surface area contributed by atoms with Gasteiger partial charge in [0.15, 0.2) is 0 Å². The zero-order valence-corrected chi connectivity index (χ0v) is 24.8. The molecule has 0 atom stereocenters. The van der Waals surface area contributed by atoms with Crippen molar-refractivity contribution in [3.8, 4) is 5.75 Å². The van der Waals surface area contributed by atoms with Crippen molar-refractivity contribution in [2.45, 2.75) is 19.3 Å². The van der Waals surface area contributed by atoms with Crippen molar-refractivity contribution in [2.24, 2.45) is 0 Å². The Morgan fingerprint density at radius 3 is 2.44 bits per heavy atom. The molecule has 9 heteroatoms. The molecule has 1 N–H and O–H groups in total. The first kappa shape index (κ1) is 28.1. The zero-order valence-electron chi connectivity index (χ0n) is 24.8. The van der Waals surface area contributed by atoms with Gasteiger partial charge in [-0.1, -0.05) is 48.5 Å². The van der Waals surface area contributed by atoms with E-state index >= 15 is 0 Å². The first-order valence-corrected chi connectivity index (χ1v) is 15.0. The van der Waals surface area contributed by atoms with Crippen LogP contribution in [-0.4, -0.2) is 48.1 Å². The number of hydrogen-bond donors (Lipinski definition) is 1. The number of methoxy groups -OCH3 is 1. The highest BCUT2D eigenvalue weighted by Crippen LogP contribution is 2.40. The number of nitrogens with one attached hydrogen (secondary N) is 1. The van der Waals surface area contributed by atoms with Gasteiger partial charge >= 0.3 is 0 Å². The summed E-state index contributed by atoms with van der Waals surface area (Å²) in [6.45, 7) is 0.276. The molecule has 1 aromatic heterocycles. The molecule has 45 heavy (non-hydrogen) atoms. The van der Waals surface area contributed by atoms with Crippen molar-refractivity contribution in [2.75, 3.05) is 34.9 Å². The summed E-state index contributed by atoms with van der Waals surface area (Å²) in [5, 5.41) is 8.11. The van der Waals surface area contributed by atoms with Crippen LogP contribution in [0, 0.1) is 0 Å². The molecule has 7 rings (SSSR count). The Morgan fingerprint density at radius 1 is 0.867 bits per heavy atom. The van der Waals surface area contributed by atoms with E-state index in [1.165, 1.54) is 9.80 Å². The van der Waals surface area contributed by atoms with Gasteiger partial charge in [0.1, 0.15) is 17.9 Å². The summed E-state index contributed by atoms with van der Waals surface area (Å²) in [4.78, 5) is 47.9. The molecule has 3 heterocycles. The second-order valence-electron chi connectivity index (χ2n) is 11.1. The predicted octanol–water partition coefficient (Wildman–Crippen LogP) is 6.04. The minimum absolute atomic E-state index is 0.0849. The summed E-state index contributed by atoms with van der Waals surface area (Å²) >= 11 is 0. The molecule has 224 valence electrons. The number of aryl methyl sites for hydroxylation is 1. The summed E-state index contributed by atoms with van der Waals surface area (Å²) in [5.41, 5.74) is 4.58. The van der Waals surface area contributed by atoms with Gasteiger partial charge in [0.25, 0.3) is 11.8 Å². The molecule has 0 radical (unpaired) electrons. The highest BCUT2D eigenvalue weighted by atomic mass is 16.5. The average molecular weight is 598 g/mol. The molecular weight excluding hydrogens is 566 g/mol. The van der Waals surface area contributed by atoms with Crippen LogP contribution in [-0.2, 0) is 20.8 Å². The Morgan fingerprint density at radius 2 is 1.62 bits per heavy atom. The average Bonchev–Trinajstić information content (AvgIpc) is 3.32. The first-order valence-electron chi connectivity index (χ1n) is 15.0. The third-order valence-electron chi connectivity index (χ3n) is 8.37. The molecule has 3 amide bonds. The van der Waals surface area contributed by atoms with E-state index in [-0.39, 0.29) is 18.0 Å².